The number of aromatic nitrogens is 1. The van der Waals surface area contributed by atoms with Crippen molar-refractivity contribution in [2.45, 2.75) is 19.5 Å². The average Bonchev–Trinajstić information content (AvgIpc) is 2.40. The van der Waals surface area contributed by atoms with Gasteiger partial charge < -0.3 is 4.74 Å². The second kappa shape index (κ2) is 6.83. The molecular formula is C14H23N3O. The first-order chi connectivity index (χ1) is 8.75. The van der Waals surface area contributed by atoms with Gasteiger partial charge >= 0.3 is 0 Å². The molecule has 1 aromatic heterocycles. The summed E-state index contributed by atoms with van der Waals surface area (Å²) in [4.78, 5) is 9.20. The minimum Gasteiger partial charge on any atom is -0.379 e. The SMILES string of the molecule is C[C@@H](CN(C)Cc1ccccn1)N1CCOCC1. The van der Waals surface area contributed by atoms with E-state index < -0.39 is 0 Å². The van der Waals surface area contributed by atoms with Crippen molar-refractivity contribution in [2.75, 3.05) is 39.9 Å². The minimum absolute atomic E-state index is 0.572. The van der Waals surface area contributed by atoms with Crippen LogP contribution < -0.4 is 0 Å². The molecule has 18 heavy (non-hydrogen) atoms. The van der Waals surface area contributed by atoms with Gasteiger partial charge in [-0.3, -0.25) is 14.8 Å². The van der Waals surface area contributed by atoms with Gasteiger partial charge in [0.2, 0.25) is 0 Å². The molecule has 1 aliphatic heterocycles. The van der Waals surface area contributed by atoms with Gasteiger partial charge in [-0.05, 0) is 26.1 Å². The standard InChI is InChI=1S/C14H23N3O/c1-13(17-7-9-18-10-8-17)11-16(2)12-14-5-3-4-6-15-14/h3-6,13H,7-12H2,1-2H3/t13-/m0/s1. The lowest BCUT2D eigenvalue weighted by Crippen LogP contribution is -2.46. The molecule has 1 aliphatic rings. The molecule has 0 amide bonds. The molecule has 0 unspecified atom stereocenters. The number of hydrogen-bond donors (Lipinski definition) is 0. The van der Waals surface area contributed by atoms with E-state index in [-0.39, 0.29) is 0 Å². The molecule has 0 saturated carbocycles. The largest absolute Gasteiger partial charge is 0.379 e. The molecule has 2 heterocycles. The Labute approximate surface area is 110 Å². The minimum atomic E-state index is 0.572. The van der Waals surface area contributed by atoms with Crippen molar-refractivity contribution in [1.82, 2.24) is 14.8 Å². The molecule has 0 spiro atoms. The third-order valence-electron chi connectivity index (χ3n) is 3.40. The highest BCUT2D eigenvalue weighted by molar-refractivity contribution is 5.03. The van der Waals surface area contributed by atoms with Crippen molar-refractivity contribution < 1.29 is 4.74 Å². The number of likely N-dealkylation sites (N-methyl/N-ethyl adjacent to an activating group) is 1. The lowest BCUT2D eigenvalue weighted by Gasteiger charge is -2.34. The highest BCUT2D eigenvalue weighted by Crippen LogP contribution is 2.06. The monoisotopic (exact) mass is 249 g/mol. The highest BCUT2D eigenvalue weighted by Gasteiger charge is 2.18. The van der Waals surface area contributed by atoms with Crippen molar-refractivity contribution in [3.05, 3.63) is 30.1 Å². The van der Waals surface area contributed by atoms with Gasteiger partial charge in [0.05, 0.1) is 18.9 Å². The summed E-state index contributed by atoms with van der Waals surface area (Å²) in [6, 6.07) is 6.65. The number of morpholine rings is 1. The van der Waals surface area contributed by atoms with Gasteiger partial charge in [-0.2, -0.15) is 0 Å². The number of rotatable bonds is 5. The second-order valence-corrected chi connectivity index (χ2v) is 5.02. The van der Waals surface area contributed by atoms with E-state index in [1.807, 2.05) is 18.3 Å². The van der Waals surface area contributed by atoms with Crippen molar-refractivity contribution >= 4 is 0 Å². The van der Waals surface area contributed by atoms with Gasteiger partial charge in [0, 0.05) is 38.4 Å². The Hall–Kier alpha value is -0.970. The number of nitrogens with zero attached hydrogens (tertiary/aromatic N) is 3. The summed E-state index contributed by atoms with van der Waals surface area (Å²) in [6.07, 6.45) is 1.86. The first kappa shape index (κ1) is 13.5. The van der Waals surface area contributed by atoms with Crippen molar-refractivity contribution in [3.8, 4) is 0 Å². The van der Waals surface area contributed by atoms with Crippen molar-refractivity contribution in [1.29, 1.82) is 0 Å². The van der Waals surface area contributed by atoms with Gasteiger partial charge in [-0.1, -0.05) is 6.07 Å². The number of pyridine rings is 1. The topological polar surface area (TPSA) is 28.6 Å². The van der Waals surface area contributed by atoms with Gasteiger partial charge in [-0.15, -0.1) is 0 Å². The summed E-state index contributed by atoms with van der Waals surface area (Å²) in [6.45, 7) is 8.12. The van der Waals surface area contributed by atoms with Crippen LogP contribution in [0.15, 0.2) is 24.4 Å². The Balaban J connectivity index is 1.77. The van der Waals surface area contributed by atoms with Crippen LogP contribution in [0.4, 0.5) is 0 Å². The van der Waals surface area contributed by atoms with E-state index in [1.165, 1.54) is 0 Å². The molecule has 0 aromatic carbocycles. The Morgan fingerprint density at radius 1 is 1.39 bits per heavy atom. The third-order valence-corrected chi connectivity index (χ3v) is 3.40. The molecule has 1 atom stereocenters. The smallest absolute Gasteiger partial charge is 0.0594 e. The van der Waals surface area contributed by atoms with Crippen LogP contribution in [0.5, 0.6) is 0 Å². The predicted molar refractivity (Wildman–Crippen MR) is 72.4 cm³/mol. The Kier molecular flexibility index (Phi) is 5.11. The van der Waals surface area contributed by atoms with Crippen LogP contribution in [-0.2, 0) is 11.3 Å². The van der Waals surface area contributed by atoms with E-state index in [0.29, 0.717) is 6.04 Å². The lowest BCUT2D eigenvalue weighted by atomic mass is 10.2. The van der Waals surface area contributed by atoms with Crippen LogP contribution in [0, 0.1) is 0 Å². The fraction of sp³-hybridized carbons (Fsp3) is 0.643. The molecular weight excluding hydrogens is 226 g/mol. The Morgan fingerprint density at radius 2 is 2.17 bits per heavy atom. The zero-order valence-electron chi connectivity index (χ0n) is 11.4. The van der Waals surface area contributed by atoms with E-state index in [4.69, 9.17) is 4.74 Å². The van der Waals surface area contributed by atoms with E-state index in [2.05, 4.69) is 34.8 Å². The van der Waals surface area contributed by atoms with E-state index in [1.54, 1.807) is 0 Å². The Bertz CT molecular complexity index is 338. The normalized spacial score (nSPS) is 19.1. The second-order valence-electron chi connectivity index (χ2n) is 5.02. The Morgan fingerprint density at radius 3 is 2.83 bits per heavy atom. The van der Waals surface area contributed by atoms with Gasteiger partial charge in [-0.25, -0.2) is 0 Å². The quantitative estimate of drug-likeness (QED) is 0.785. The summed E-state index contributed by atoms with van der Waals surface area (Å²) in [7, 11) is 2.16. The van der Waals surface area contributed by atoms with Crippen LogP contribution in [0.25, 0.3) is 0 Å². The first-order valence-corrected chi connectivity index (χ1v) is 6.66. The molecule has 1 aromatic rings. The summed E-state index contributed by atoms with van der Waals surface area (Å²) in [5.41, 5.74) is 1.13. The lowest BCUT2D eigenvalue weighted by molar-refractivity contribution is 0.0136. The molecule has 4 nitrogen and oxygen atoms in total. The molecule has 0 bridgehead atoms. The first-order valence-electron chi connectivity index (χ1n) is 6.66. The van der Waals surface area contributed by atoms with E-state index in [9.17, 15) is 0 Å². The van der Waals surface area contributed by atoms with Crippen LogP contribution in [0.3, 0.4) is 0 Å². The summed E-state index contributed by atoms with van der Waals surface area (Å²) < 4.78 is 5.39. The van der Waals surface area contributed by atoms with Crippen molar-refractivity contribution in [2.24, 2.45) is 0 Å². The van der Waals surface area contributed by atoms with Crippen LogP contribution in [0.1, 0.15) is 12.6 Å². The van der Waals surface area contributed by atoms with Crippen molar-refractivity contribution in [3.63, 3.8) is 0 Å². The maximum atomic E-state index is 5.39. The predicted octanol–water partition coefficient (Wildman–Crippen LogP) is 1.23. The average molecular weight is 249 g/mol. The number of ether oxygens (including phenoxy) is 1. The molecule has 0 radical (unpaired) electrons. The van der Waals surface area contributed by atoms with E-state index in [0.717, 1.165) is 45.1 Å². The molecule has 4 heteroatoms. The highest BCUT2D eigenvalue weighted by atomic mass is 16.5. The summed E-state index contributed by atoms with van der Waals surface area (Å²) >= 11 is 0. The molecule has 0 aliphatic carbocycles. The van der Waals surface area contributed by atoms with Crippen LogP contribution >= 0.6 is 0 Å². The molecule has 1 saturated heterocycles. The van der Waals surface area contributed by atoms with Gasteiger partial charge in [0.25, 0.3) is 0 Å². The fourth-order valence-corrected chi connectivity index (χ4v) is 2.42. The third kappa shape index (κ3) is 4.05. The zero-order valence-corrected chi connectivity index (χ0v) is 11.4. The van der Waals surface area contributed by atoms with Gasteiger partial charge in [0.1, 0.15) is 0 Å². The maximum absolute atomic E-state index is 5.39. The summed E-state index contributed by atoms with van der Waals surface area (Å²) in [5, 5.41) is 0. The maximum Gasteiger partial charge on any atom is 0.0594 e. The van der Waals surface area contributed by atoms with E-state index >= 15 is 0 Å². The van der Waals surface area contributed by atoms with Crippen LogP contribution in [0.2, 0.25) is 0 Å². The zero-order chi connectivity index (χ0) is 12.8. The summed E-state index contributed by atoms with van der Waals surface area (Å²) in [5.74, 6) is 0. The molecule has 1 fully saturated rings. The fourth-order valence-electron chi connectivity index (χ4n) is 2.42. The van der Waals surface area contributed by atoms with Gasteiger partial charge in [0.15, 0.2) is 0 Å². The number of hydrogen-bond acceptors (Lipinski definition) is 4. The molecule has 100 valence electrons. The molecule has 0 N–H and O–H groups in total. The molecule has 2 rings (SSSR count). The van der Waals surface area contributed by atoms with Crippen LogP contribution in [-0.4, -0.2) is 60.7 Å².